The number of carbonyl (C=O) groups is 2. The van der Waals surface area contributed by atoms with E-state index in [1.807, 2.05) is 31.2 Å². The van der Waals surface area contributed by atoms with Gasteiger partial charge in [-0.25, -0.2) is 4.39 Å². The maximum atomic E-state index is 13.0. The second-order valence-corrected chi connectivity index (χ2v) is 6.89. The number of nitrogens with zero attached hydrogens (tertiary/aromatic N) is 1. The Morgan fingerprint density at radius 2 is 1.76 bits per heavy atom. The Kier molecular flexibility index (Phi) is 4.98. The van der Waals surface area contributed by atoms with Crippen molar-refractivity contribution in [2.45, 2.75) is 25.7 Å². The Morgan fingerprint density at radius 3 is 2.40 bits per heavy atom. The summed E-state index contributed by atoms with van der Waals surface area (Å²) in [7, 11) is 1.79. The molecular formula is C21H22FNO2. The Morgan fingerprint density at radius 1 is 1.12 bits per heavy atom. The number of carbonyl (C=O) groups excluding carboxylic acids is 2. The first-order valence-corrected chi connectivity index (χ1v) is 8.51. The standard InChI is InChI=1S/C21H22FNO2/c1-14-3-7-16(8-4-14)20-13-23(2)21(25)19(20)12-18(24)11-15-5-9-17(22)10-6-15/h3-10,19-20H,11-13H2,1-2H3/t19-,20-/m0/s1. The summed E-state index contributed by atoms with van der Waals surface area (Å²) in [6.07, 6.45) is 0.452. The summed E-state index contributed by atoms with van der Waals surface area (Å²) in [5, 5.41) is 0. The molecule has 25 heavy (non-hydrogen) atoms. The van der Waals surface area contributed by atoms with E-state index in [0.717, 1.165) is 11.1 Å². The van der Waals surface area contributed by atoms with Gasteiger partial charge in [-0.15, -0.1) is 0 Å². The van der Waals surface area contributed by atoms with E-state index in [-0.39, 0.29) is 42.2 Å². The molecule has 0 saturated carbocycles. The summed E-state index contributed by atoms with van der Waals surface area (Å²) in [5.74, 6) is -0.561. The first-order chi connectivity index (χ1) is 11.9. The number of Topliss-reactive ketones (excluding diaryl/α,β-unsaturated/α-hetero) is 1. The topological polar surface area (TPSA) is 37.4 Å². The second-order valence-electron chi connectivity index (χ2n) is 6.89. The molecule has 0 unspecified atom stereocenters. The highest BCUT2D eigenvalue weighted by Gasteiger charge is 2.40. The highest BCUT2D eigenvalue weighted by Crippen LogP contribution is 2.35. The number of benzene rings is 2. The molecule has 1 amide bonds. The molecule has 1 aliphatic rings. The molecule has 0 bridgehead atoms. The molecule has 130 valence electrons. The van der Waals surface area contributed by atoms with E-state index in [1.54, 1.807) is 24.1 Å². The van der Waals surface area contributed by atoms with Crippen LogP contribution in [-0.4, -0.2) is 30.2 Å². The molecule has 2 atom stereocenters. The van der Waals surface area contributed by atoms with Gasteiger partial charge >= 0.3 is 0 Å². The van der Waals surface area contributed by atoms with Crippen molar-refractivity contribution in [3.05, 3.63) is 71.0 Å². The third kappa shape index (κ3) is 3.95. The van der Waals surface area contributed by atoms with Gasteiger partial charge in [-0.2, -0.15) is 0 Å². The number of rotatable bonds is 5. The molecule has 0 radical (unpaired) electrons. The van der Waals surface area contributed by atoms with Crippen molar-refractivity contribution >= 4 is 11.7 Å². The number of hydrogen-bond acceptors (Lipinski definition) is 2. The Balaban J connectivity index is 1.73. The smallest absolute Gasteiger partial charge is 0.226 e. The van der Waals surface area contributed by atoms with Gasteiger partial charge < -0.3 is 4.90 Å². The average Bonchev–Trinajstić information content (AvgIpc) is 2.86. The van der Waals surface area contributed by atoms with E-state index < -0.39 is 0 Å². The largest absolute Gasteiger partial charge is 0.345 e. The molecule has 2 aromatic rings. The van der Waals surface area contributed by atoms with E-state index >= 15 is 0 Å². The molecular weight excluding hydrogens is 317 g/mol. The number of aryl methyl sites for hydroxylation is 1. The number of amides is 1. The third-order valence-corrected chi connectivity index (χ3v) is 4.92. The molecule has 2 aromatic carbocycles. The van der Waals surface area contributed by atoms with Gasteiger partial charge in [0.25, 0.3) is 0 Å². The highest BCUT2D eigenvalue weighted by molar-refractivity contribution is 5.90. The van der Waals surface area contributed by atoms with Crippen molar-refractivity contribution in [1.82, 2.24) is 4.90 Å². The number of likely N-dealkylation sites (N-methyl/N-ethyl adjacent to an activating group) is 1. The number of ketones is 1. The summed E-state index contributed by atoms with van der Waals surface area (Å²) in [5.41, 5.74) is 3.05. The molecule has 4 heteroatoms. The molecule has 0 aromatic heterocycles. The Hall–Kier alpha value is -2.49. The van der Waals surface area contributed by atoms with Crippen molar-refractivity contribution in [3.8, 4) is 0 Å². The minimum atomic E-state index is -0.319. The lowest BCUT2D eigenvalue weighted by molar-refractivity contribution is -0.132. The summed E-state index contributed by atoms with van der Waals surface area (Å²) < 4.78 is 13.0. The van der Waals surface area contributed by atoms with Crippen molar-refractivity contribution in [1.29, 1.82) is 0 Å². The second kappa shape index (κ2) is 7.18. The fraction of sp³-hybridized carbons (Fsp3) is 0.333. The van der Waals surface area contributed by atoms with Gasteiger partial charge in [-0.1, -0.05) is 42.0 Å². The monoisotopic (exact) mass is 339 g/mol. The van der Waals surface area contributed by atoms with Crippen LogP contribution in [0.3, 0.4) is 0 Å². The van der Waals surface area contributed by atoms with Crippen molar-refractivity contribution < 1.29 is 14.0 Å². The molecule has 1 saturated heterocycles. The Bertz CT molecular complexity index is 767. The first-order valence-electron chi connectivity index (χ1n) is 8.51. The quantitative estimate of drug-likeness (QED) is 0.836. The van der Waals surface area contributed by atoms with E-state index in [2.05, 4.69) is 0 Å². The summed E-state index contributed by atoms with van der Waals surface area (Å²) in [4.78, 5) is 26.7. The first kappa shape index (κ1) is 17.3. The van der Waals surface area contributed by atoms with E-state index in [1.165, 1.54) is 17.7 Å². The fourth-order valence-corrected chi connectivity index (χ4v) is 3.50. The van der Waals surface area contributed by atoms with Gasteiger partial charge in [0.2, 0.25) is 5.91 Å². The molecule has 3 rings (SSSR count). The zero-order chi connectivity index (χ0) is 18.0. The summed E-state index contributed by atoms with van der Waals surface area (Å²) >= 11 is 0. The van der Waals surface area contributed by atoms with E-state index in [9.17, 15) is 14.0 Å². The Labute approximate surface area is 147 Å². The van der Waals surface area contributed by atoms with Gasteiger partial charge in [-0.3, -0.25) is 9.59 Å². The number of hydrogen-bond donors (Lipinski definition) is 0. The van der Waals surface area contributed by atoms with Crippen molar-refractivity contribution in [3.63, 3.8) is 0 Å². The minimum Gasteiger partial charge on any atom is -0.345 e. The average molecular weight is 339 g/mol. The summed E-state index contributed by atoms with van der Waals surface area (Å²) in [6.45, 7) is 2.66. The maximum Gasteiger partial charge on any atom is 0.226 e. The predicted octanol–water partition coefficient (Wildman–Crippen LogP) is 3.51. The molecule has 1 fully saturated rings. The fourth-order valence-electron chi connectivity index (χ4n) is 3.50. The van der Waals surface area contributed by atoms with Crippen LogP contribution in [0.2, 0.25) is 0 Å². The normalized spacial score (nSPS) is 20.1. The highest BCUT2D eigenvalue weighted by atomic mass is 19.1. The molecule has 1 aliphatic heterocycles. The van der Waals surface area contributed by atoms with Gasteiger partial charge in [0.05, 0.1) is 5.92 Å². The van der Waals surface area contributed by atoms with Crippen LogP contribution >= 0.6 is 0 Å². The van der Waals surface area contributed by atoms with Crippen LogP contribution in [-0.2, 0) is 16.0 Å². The van der Waals surface area contributed by atoms with E-state index in [0.29, 0.717) is 6.54 Å². The molecule has 3 nitrogen and oxygen atoms in total. The summed E-state index contributed by atoms with van der Waals surface area (Å²) in [6, 6.07) is 14.1. The third-order valence-electron chi connectivity index (χ3n) is 4.92. The predicted molar refractivity (Wildman–Crippen MR) is 94.8 cm³/mol. The van der Waals surface area contributed by atoms with Crippen LogP contribution in [0.5, 0.6) is 0 Å². The minimum absolute atomic E-state index is 0.0115. The number of halogens is 1. The lowest BCUT2D eigenvalue weighted by Gasteiger charge is -2.17. The van der Waals surface area contributed by atoms with Crippen molar-refractivity contribution in [2.75, 3.05) is 13.6 Å². The lowest BCUT2D eigenvalue weighted by atomic mass is 9.84. The van der Waals surface area contributed by atoms with Crippen molar-refractivity contribution in [2.24, 2.45) is 5.92 Å². The van der Waals surface area contributed by atoms with Gasteiger partial charge in [0.1, 0.15) is 11.6 Å². The molecule has 1 heterocycles. The zero-order valence-electron chi connectivity index (χ0n) is 14.5. The molecule has 0 aliphatic carbocycles. The van der Waals surface area contributed by atoms with Gasteiger partial charge in [0.15, 0.2) is 0 Å². The van der Waals surface area contributed by atoms with Crippen LogP contribution in [0.15, 0.2) is 48.5 Å². The molecule has 0 N–H and O–H groups in total. The van der Waals surface area contributed by atoms with E-state index in [4.69, 9.17) is 0 Å². The van der Waals surface area contributed by atoms with Crippen LogP contribution < -0.4 is 0 Å². The SMILES string of the molecule is Cc1ccc([C@@H]2CN(C)C(=O)[C@H]2CC(=O)Cc2ccc(F)cc2)cc1. The van der Waals surface area contributed by atoms with Crippen LogP contribution in [0.4, 0.5) is 4.39 Å². The maximum absolute atomic E-state index is 13.0. The van der Waals surface area contributed by atoms with Crippen LogP contribution in [0.25, 0.3) is 0 Å². The van der Waals surface area contributed by atoms with Gasteiger partial charge in [-0.05, 0) is 30.2 Å². The zero-order valence-corrected chi connectivity index (χ0v) is 14.5. The lowest BCUT2D eigenvalue weighted by Crippen LogP contribution is -2.24. The van der Waals surface area contributed by atoms with Gasteiger partial charge in [0, 0.05) is 32.4 Å². The van der Waals surface area contributed by atoms with Crippen LogP contribution in [0.1, 0.15) is 29.0 Å². The molecule has 0 spiro atoms. The van der Waals surface area contributed by atoms with Crippen LogP contribution in [0, 0.1) is 18.7 Å². The number of likely N-dealkylation sites (tertiary alicyclic amines) is 1.